The zero-order valence-electron chi connectivity index (χ0n) is 15.1. The molecular weight excluding hydrogens is 427 g/mol. The summed E-state index contributed by atoms with van der Waals surface area (Å²) in [5.74, 6) is -0.430. The minimum absolute atomic E-state index is 0.246. The Morgan fingerprint density at radius 3 is 2.30 bits per heavy atom. The largest absolute Gasteiger partial charge is 0.323 e. The predicted octanol–water partition coefficient (Wildman–Crippen LogP) is 4.90. The molecule has 1 N–H and O–H groups in total. The van der Waals surface area contributed by atoms with Crippen LogP contribution in [0.25, 0.3) is 0 Å². The van der Waals surface area contributed by atoms with Crippen molar-refractivity contribution < 1.29 is 13.2 Å². The molecule has 27 heavy (non-hydrogen) atoms. The minimum Gasteiger partial charge on any atom is -0.323 e. The molecule has 0 aliphatic rings. The van der Waals surface area contributed by atoms with E-state index in [2.05, 4.69) is 5.32 Å². The second-order valence-corrected chi connectivity index (χ2v) is 9.38. The molecule has 0 saturated heterocycles. The number of hydrogen-bond acceptors (Lipinski definition) is 4. The lowest BCUT2D eigenvalue weighted by molar-refractivity contribution is -0.117. The van der Waals surface area contributed by atoms with Gasteiger partial charge in [0.15, 0.2) is 0 Å². The van der Waals surface area contributed by atoms with Crippen molar-refractivity contribution in [2.75, 3.05) is 22.1 Å². The lowest BCUT2D eigenvalue weighted by Gasteiger charge is -2.30. The number of halogens is 2. The molecule has 0 fully saturated rings. The molecule has 0 aliphatic heterocycles. The van der Waals surface area contributed by atoms with Gasteiger partial charge in [-0.05, 0) is 43.0 Å². The number of amides is 1. The Morgan fingerprint density at radius 2 is 1.78 bits per heavy atom. The molecule has 0 heterocycles. The van der Waals surface area contributed by atoms with Crippen LogP contribution in [0.2, 0.25) is 10.0 Å². The number of hydrogen-bond donors (Lipinski definition) is 1. The third-order valence-corrected chi connectivity index (χ3v) is 6.21. The number of anilines is 2. The summed E-state index contributed by atoms with van der Waals surface area (Å²) in [7, 11) is -3.77. The summed E-state index contributed by atoms with van der Waals surface area (Å²) in [5.41, 5.74) is 0.876. The SMILES string of the molecule is CC[C@H](C(=O)Nc1ccccc1SC)N(c1cc(Cl)cc(Cl)c1)S(C)(=O)=O. The molecule has 2 aromatic carbocycles. The van der Waals surface area contributed by atoms with Crippen molar-refractivity contribution in [3.8, 4) is 0 Å². The molecule has 1 amide bonds. The first-order valence-corrected chi connectivity index (χ1v) is 11.9. The molecule has 5 nitrogen and oxygen atoms in total. The molecular formula is C18H20Cl2N2O3S2. The monoisotopic (exact) mass is 446 g/mol. The first-order chi connectivity index (χ1) is 12.7. The van der Waals surface area contributed by atoms with E-state index in [1.807, 2.05) is 18.4 Å². The molecule has 2 rings (SSSR count). The van der Waals surface area contributed by atoms with Gasteiger partial charge in [0.05, 0.1) is 17.6 Å². The van der Waals surface area contributed by atoms with E-state index in [-0.39, 0.29) is 22.2 Å². The van der Waals surface area contributed by atoms with Gasteiger partial charge in [0, 0.05) is 14.9 Å². The summed E-state index contributed by atoms with van der Waals surface area (Å²) in [5, 5.41) is 3.40. The number of nitrogens with one attached hydrogen (secondary N) is 1. The lowest BCUT2D eigenvalue weighted by Crippen LogP contribution is -2.47. The average molecular weight is 447 g/mol. The van der Waals surface area contributed by atoms with Crippen molar-refractivity contribution >= 4 is 62.3 Å². The molecule has 2 aromatic rings. The Balaban J connectivity index is 2.44. The summed E-state index contributed by atoms with van der Waals surface area (Å²) in [4.78, 5) is 13.8. The highest BCUT2D eigenvalue weighted by Crippen LogP contribution is 2.30. The van der Waals surface area contributed by atoms with Gasteiger partial charge in [0.1, 0.15) is 6.04 Å². The van der Waals surface area contributed by atoms with Crippen LogP contribution in [-0.4, -0.2) is 32.9 Å². The number of nitrogens with zero attached hydrogens (tertiary/aromatic N) is 1. The number of carbonyl (C=O) groups is 1. The van der Waals surface area contributed by atoms with Crippen molar-refractivity contribution in [1.82, 2.24) is 0 Å². The van der Waals surface area contributed by atoms with Gasteiger partial charge in [-0.1, -0.05) is 42.3 Å². The van der Waals surface area contributed by atoms with Gasteiger partial charge in [-0.3, -0.25) is 9.10 Å². The fourth-order valence-corrected chi connectivity index (χ4v) is 4.95. The average Bonchev–Trinajstić information content (AvgIpc) is 2.57. The topological polar surface area (TPSA) is 66.5 Å². The first-order valence-electron chi connectivity index (χ1n) is 8.06. The highest BCUT2D eigenvalue weighted by Gasteiger charge is 2.32. The van der Waals surface area contributed by atoms with Crippen LogP contribution in [0.4, 0.5) is 11.4 Å². The molecule has 0 unspecified atom stereocenters. The number of sulfonamides is 1. The maximum atomic E-state index is 13.0. The van der Waals surface area contributed by atoms with Crippen LogP contribution in [0, 0.1) is 0 Å². The second-order valence-electron chi connectivity index (χ2n) is 5.80. The predicted molar refractivity (Wildman–Crippen MR) is 115 cm³/mol. The quantitative estimate of drug-likeness (QED) is 0.614. The van der Waals surface area contributed by atoms with Crippen LogP contribution < -0.4 is 9.62 Å². The highest BCUT2D eigenvalue weighted by atomic mass is 35.5. The molecule has 1 atom stereocenters. The summed E-state index contributed by atoms with van der Waals surface area (Å²) in [6, 6.07) is 10.8. The van der Waals surface area contributed by atoms with E-state index in [0.29, 0.717) is 5.69 Å². The van der Waals surface area contributed by atoms with Gasteiger partial charge >= 0.3 is 0 Å². The van der Waals surface area contributed by atoms with Gasteiger partial charge in [-0.2, -0.15) is 0 Å². The second kappa shape index (κ2) is 9.19. The Labute approximate surface area is 174 Å². The van der Waals surface area contributed by atoms with E-state index < -0.39 is 22.0 Å². The van der Waals surface area contributed by atoms with E-state index in [0.717, 1.165) is 15.5 Å². The first kappa shape index (κ1) is 21.9. The van der Waals surface area contributed by atoms with Crippen LogP contribution in [0.1, 0.15) is 13.3 Å². The summed E-state index contributed by atoms with van der Waals surface area (Å²) < 4.78 is 26.0. The summed E-state index contributed by atoms with van der Waals surface area (Å²) in [6.45, 7) is 1.75. The summed E-state index contributed by atoms with van der Waals surface area (Å²) >= 11 is 13.6. The number of thioether (sulfide) groups is 1. The molecule has 0 aliphatic carbocycles. The van der Waals surface area contributed by atoms with E-state index in [4.69, 9.17) is 23.2 Å². The highest BCUT2D eigenvalue weighted by molar-refractivity contribution is 7.98. The smallest absolute Gasteiger partial charge is 0.248 e. The van der Waals surface area contributed by atoms with Crippen LogP contribution >= 0.6 is 35.0 Å². The maximum Gasteiger partial charge on any atom is 0.248 e. The number of para-hydroxylation sites is 1. The molecule has 0 spiro atoms. The third-order valence-electron chi connectivity index (χ3n) is 3.80. The lowest BCUT2D eigenvalue weighted by atomic mass is 10.2. The van der Waals surface area contributed by atoms with Gasteiger partial charge in [-0.25, -0.2) is 8.42 Å². The Morgan fingerprint density at radius 1 is 1.19 bits per heavy atom. The van der Waals surface area contributed by atoms with E-state index in [1.54, 1.807) is 19.1 Å². The van der Waals surface area contributed by atoms with Crippen molar-refractivity contribution in [2.45, 2.75) is 24.3 Å². The molecule has 0 bridgehead atoms. The minimum atomic E-state index is -3.77. The van der Waals surface area contributed by atoms with Crippen LogP contribution in [0.15, 0.2) is 47.4 Å². The molecule has 146 valence electrons. The Kier molecular flexibility index (Phi) is 7.45. The van der Waals surface area contributed by atoms with Gasteiger partial charge in [0.2, 0.25) is 15.9 Å². The molecule has 0 saturated carbocycles. The summed E-state index contributed by atoms with van der Waals surface area (Å²) in [6.07, 6.45) is 3.22. The van der Waals surface area contributed by atoms with E-state index in [9.17, 15) is 13.2 Å². The van der Waals surface area contributed by atoms with E-state index in [1.165, 1.54) is 30.0 Å². The normalized spacial score (nSPS) is 12.5. The van der Waals surface area contributed by atoms with Crippen molar-refractivity contribution in [3.05, 3.63) is 52.5 Å². The van der Waals surface area contributed by atoms with Crippen molar-refractivity contribution in [1.29, 1.82) is 0 Å². The Hall–Kier alpha value is -1.41. The van der Waals surface area contributed by atoms with Crippen LogP contribution in [0.5, 0.6) is 0 Å². The molecule has 0 aromatic heterocycles. The number of carbonyl (C=O) groups excluding carboxylic acids is 1. The standard InChI is InChI=1S/C18H20Cl2N2O3S2/c1-4-16(18(23)21-15-7-5-6-8-17(15)26-2)22(27(3,24)25)14-10-12(19)9-13(20)11-14/h5-11,16H,4H2,1-3H3,(H,21,23)/t16-/m1/s1. The third kappa shape index (κ3) is 5.54. The number of rotatable bonds is 7. The molecule has 0 radical (unpaired) electrons. The molecule has 9 heteroatoms. The van der Waals surface area contributed by atoms with Crippen LogP contribution in [-0.2, 0) is 14.8 Å². The maximum absolute atomic E-state index is 13.0. The Bertz CT molecular complexity index is 916. The van der Waals surface area contributed by atoms with E-state index >= 15 is 0 Å². The zero-order chi connectivity index (χ0) is 20.2. The zero-order valence-corrected chi connectivity index (χ0v) is 18.2. The van der Waals surface area contributed by atoms with Gasteiger partial charge in [-0.15, -0.1) is 11.8 Å². The number of benzene rings is 2. The fourth-order valence-electron chi connectivity index (χ4n) is 2.69. The van der Waals surface area contributed by atoms with Gasteiger partial charge < -0.3 is 5.32 Å². The van der Waals surface area contributed by atoms with Crippen molar-refractivity contribution in [2.24, 2.45) is 0 Å². The van der Waals surface area contributed by atoms with Gasteiger partial charge in [0.25, 0.3) is 0 Å². The fraction of sp³-hybridized carbons (Fsp3) is 0.278. The van der Waals surface area contributed by atoms with Crippen LogP contribution in [0.3, 0.4) is 0 Å². The van der Waals surface area contributed by atoms with Crippen molar-refractivity contribution in [3.63, 3.8) is 0 Å².